The van der Waals surface area contributed by atoms with E-state index in [1.54, 1.807) is 22.6 Å². The van der Waals surface area contributed by atoms with Crippen LogP contribution in [-0.2, 0) is 0 Å². The van der Waals surface area contributed by atoms with Gasteiger partial charge in [-0.05, 0) is 69.4 Å². The Bertz CT molecular complexity index is 2000. The monoisotopic (exact) mass is 695 g/mol. The lowest BCUT2D eigenvalue weighted by Crippen LogP contribution is -2.54. The van der Waals surface area contributed by atoms with Crippen molar-refractivity contribution in [1.82, 2.24) is 29.3 Å². The highest BCUT2D eigenvalue weighted by Gasteiger charge is 2.30. The number of aromatic nitrogens is 4. The Labute approximate surface area is 294 Å². The number of piperidine rings is 1. The number of Topliss-reactive ketones (excluding diaryl/α,β-unsaturated/α-hetero) is 1. The molecule has 0 unspecified atom stereocenters. The number of likely N-dealkylation sites (tertiary alicyclic amines) is 1. The molecule has 5 heterocycles. The molecule has 2 saturated heterocycles. The fraction of sp³-hybridized carbons (Fsp3) is 0.444. The van der Waals surface area contributed by atoms with Crippen LogP contribution in [0.15, 0.2) is 53.6 Å². The first-order valence-corrected chi connectivity index (χ1v) is 17.5. The number of nitrogens with one attached hydrogen (secondary N) is 1. The summed E-state index contributed by atoms with van der Waals surface area (Å²) < 4.78 is 7.14. The second-order valence-electron chi connectivity index (χ2n) is 13.5. The molecular formula is C36H41N9O6. The summed E-state index contributed by atoms with van der Waals surface area (Å²) in [5.74, 6) is 0.962. The van der Waals surface area contributed by atoms with Gasteiger partial charge in [-0.1, -0.05) is 12.8 Å². The maximum absolute atomic E-state index is 13.5. The first-order valence-electron chi connectivity index (χ1n) is 17.5. The first-order chi connectivity index (χ1) is 24.7. The molecule has 15 nitrogen and oxygen atoms in total. The first kappa shape index (κ1) is 34.0. The topological polar surface area (TPSA) is 169 Å². The maximum atomic E-state index is 13.5. The van der Waals surface area contributed by atoms with Crippen molar-refractivity contribution in [3.63, 3.8) is 0 Å². The van der Waals surface area contributed by atoms with Crippen LogP contribution in [0, 0.1) is 17.0 Å². The number of piperazine rings is 1. The van der Waals surface area contributed by atoms with Crippen LogP contribution in [0.1, 0.15) is 67.4 Å². The molecule has 4 aromatic rings. The average Bonchev–Trinajstić information content (AvgIpc) is 3.67. The van der Waals surface area contributed by atoms with Gasteiger partial charge in [0, 0.05) is 75.1 Å². The van der Waals surface area contributed by atoms with Crippen LogP contribution in [0.5, 0.6) is 5.75 Å². The van der Waals surface area contributed by atoms with Crippen molar-refractivity contribution in [3.8, 4) is 5.75 Å². The molecule has 51 heavy (non-hydrogen) atoms. The van der Waals surface area contributed by atoms with Crippen LogP contribution in [0.4, 0.5) is 27.9 Å². The molecule has 15 heteroatoms. The minimum absolute atomic E-state index is 0.00669. The van der Waals surface area contributed by atoms with Gasteiger partial charge in [0.1, 0.15) is 17.2 Å². The fourth-order valence-electron chi connectivity index (χ4n) is 7.63. The molecule has 0 atom stereocenters. The number of ether oxygens (including phenoxy) is 1. The van der Waals surface area contributed by atoms with E-state index in [0.717, 1.165) is 70.4 Å². The van der Waals surface area contributed by atoms with Gasteiger partial charge in [-0.2, -0.15) is 4.98 Å². The van der Waals surface area contributed by atoms with Gasteiger partial charge in [-0.15, -0.1) is 0 Å². The van der Waals surface area contributed by atoms with Crippen molar-refractivity contribution in [3.05, 3.63) is 80.4 Å². The molecular weight excluding hydrogens is 654 g/mol. The van der Waals surface area contributed by atoms with Gasteiger partial charge in [-0.25, -0.2) is 14.8 Å². The lowest BCUT2D eigenvalue weighted by Gasteiger charge is -2.43. The van der Waals surface area contributed by atoms with Crippen molar-refractivity contribution in [2.45, 2.75) is 64.5 Å². The summed E-state index contributed by atoms with van der Waals surface area (Å²) in [6.45, 7) is 7.90. The van der Waals surface area contributed by atoms with Gasteiger partial charge in [0.05, 0.1) is 22.4 Å². The third-order valence-electron chi connectivity index (χ3n) is 10.4. The summed E-state index contributed by atoms with van der Waals surface area (Å²) in [4.78, 5) is 69.4. The maximum Gasteiger partial charge on any atom is 0.415 e. The number of fused-ring (bicyclic) bond motifs is 1. The summed E-state index contributed by atoms with van der Waals surface area (Å²) >= 11 is 0. The van der Waals surface area contributed by atoms with Crippen LogP contribution >= 0.6 is 0 Å². The van der Waals surface area contributed by atoms with Crippen LogP contribution in [0.25, 0.3) is 11.0 Å². The second-order valence-corrected chi connectivity index (χ2v) is 13.5. The number of aryl methyl sites for hydroxylation is 1. The normalized spacial score (nSPS) is 17.5. The third kappa shape index (κ3) is 7.11. The van der Waals surface area contributed by atoms with E-state index in [2.05, 4.69) is 25.1 Å². The molecule has 1 amide bonds. The molecule has 3 fully saturated rings. The Kier molecular flexibility index (Phi) is 9.62. The van der Waals surface area contributed by atoms with Crippen molar-refractivity contribution >= 4 is 46.1 Å². The zero-order valence-corrected chi connectivity index (χ0v) is 28.8. The SMILES string of the molecule is CC(=O)c1c(C)c2cnc(Nc3ccc(N4CCN(C5CCN(C(=O)Oc6ccc([N+](=O)[O-])cc6)CC5)CC4)cn3)nc2n(C2CCCC2)c1=O. The van der Waals surface area contributed by atoms with Crippen molar-refractivity contribution < 1.29 is 19.2 Å². The highest BCUT2D eigenvalue weighted by molar-refractivity contribution is 5.99. The molecule has 1 aliphatic carbocycles. The minimum atomic E-state index is -0.490. The number of carbonyl (C=O) groups excluding carboxylic acids is 2. The molecule has 1 N–H and O–H groups in total. The van der Waals surface area contributed by atoms with E-state index < -0.39 is 11.0 Å². The number of carbonyl (C=O) groups is 2. The molecule has 1 aromatic carbocycles. The van der Waals surface area contributed by atoms with Crippen molar-refractivity contribution in [1.29, 1.82) is 0 Å². The lowest BCUT2D eigenvalue weighted by molar-refractivity contribution is -0.384. The summed E-state index contributed by atoms with van der Waals surface area (Å²) in [6, 6.07) is 9.82. The number of hydrogen-bond acceptors (Lipinski definition) is 12. The number of rotatable bonds is 8. The smallest absolute Gasteiger partial charge is 0.410 e. The standard InChI is InChI=1S/C36H41N9O6/c1-23-30-22-38-35(40-33(30)44(26-5-3-4-6-26)34(47)32(23)24(2)46)39-31-12-9-28(21-37-31)42-19-17-41(18-20-42)25-13-15-43(16-14-25)36(48)51-29-10-7-27(8-11-29)45(49)50/h7-12,21-22,25-26H,3-6,13-20H2,1-2H3,(H,37,38,39,40). The van der Waals surface area contributed by atoms with Crippen molar-refractivity contribution in [2.24, 2.45) is 0 Å². The van der Waals surface area contributed by atoms with E-state index in [9.17, 15) is 24.5 Å². The number of amides is 1. The largest absolute Gasteiger partial charge is 0.415 e. The number of nitro groups is 1. The Balaban J connectivity index is 0.935. The van der Waals surface area contributed by atoms with E-state index in [1.165, 1.54) is 31.2 Å². The van der Waals surface area contributed by atoms with Gasteiger partial charge < -0.3 is 19.9 Å². The number of non-ortho nitro benzene ring substituents is 1. The van der Waals surface area contributed by atoms with Crippen LogP contribution in [0.3, 0.4) is 0 Å². The molecule has 7 rings (SSSR count). The predicted octanol–water partition coefficient (Wildman–Crippen LogP) is 5.25. The summed E-state index contributed by atoms with van der Waals surface area (Å²) in [7, 11) is 0. The lowest BCUT2D eigenvalue weighted by atomic mass is 10.0. The molecule has 1 saturated carbocycles. The van der Waals surface area contributed by atoms with E-state index in [-0.39, 0.29) is 34.4 Å². The minimum Gasteiger partial charge on any atom is -0.410 e. The number of nitro benzene ring substituents is 1. The van der Waals surface area contributed by atoms with Crippen LogP contribution in [-0.4, -0.2) is 91.4 Å². The van der Waals surface area contributed by atoms with E-state index in [1.807, 2.05) is 18.3 Å². The Morgan fingerprint density at radius 2 is 1.61 bits per heavy atom. The number of hydrogen-bond donors (Lipinski definition) is 1. The predicted molar refractivity (Wildman–Crippen MR) is 191 cm³/mol. The number of anilines is 3. The molecule has 3 aliphatic rings. The molecule has 3 aromatic heterocycles. The quantitative estimate of drug-likeness (QED) is 0.145. The number of nitrogens with zero attached hydrogens (tertiary/aromatic N) is 8. The Morgan fingerprint density at radius 3 is 2.24 bits per heavy atom. The molecule has 266 valence electrons. The van der Waals surface area contributed by atoms with Crippen LogP contribution in [0.2, 0.25) is 0 Å². The molecule has 0 bridgehead atoms. The van der Waals surface area contributed by atoms with Crippen molar-refractivity contribution in [2.75, 3.05) is 49.5 Å². The van der Waals surface area contributed by atoms with E-state index >= 15 is 0 Å². The zero-order chi connectivity index (χ0) is 35.6. The summed E-state index contributed by atoms with van der Waals surface area (Å²) in [5.41, 5.74) is 2.04. The van der Waals surface area contributed by atoms with Gasteiger partial charge in [-0.3, -0.25) is 29.2 Å². The Morgan fingerprint density at radius 1 is 0.902 bits per heavy atom. The number of pyridine rings is 2. The Hall–Kier alpha value is -5.44. The van der Waals surface area contributed by atoms with Gasteiger partial charge in [0.2, 0.25) is 5.95 Å². The fourth-order valence-corrected chi connectivity index (χ4v) is 7.63. The van der Waals surface area contributed by atoms with Crippen LogP contribution < -0.4 is 20.5 Å². The molecule has 0 radical (unpaired) electrons. The third-order valence-corrected chi connectivity index (χ3v) is 10.4. The zero-order valence-electron chi connectivity index (χ0n) is 28.8. The van der Waals surface area contributed by atoms with Gasteiger partial charge in [0.15, 0.2) is 5.78 Å². The van der Waals surface area contributed by atoms with Gasteiger partial charge in [0.25, 0.3) is 11.2 Å². The highest BCUT2D eigenvalue weighted by atomic mass is 16.6. The summed E-state index contributed by atoms with van der Waals surface area (Å²) in [5, 5.41) is 14.8. The van der Waals surface area contributed by atoms with E-state index in [0.29, 0.717) is 47.5 Å². The highest BCUT2D eigenvalue weighted by Crippen LogP contribution is 2.32. The van der Waals surface area contributed by atoms with E-state index in [4.69, 9.17) is 9.72 Å². The molecule has 2 aliphatic heterocycles. The summed E-state index contributed by atoms with van der Waals surface area (Å²) in [6.07, 6.45) is 8.61. The average molecular weight is 696 g/mol. The molecule has 0 spiro atoms. The second kappa shape index (κ2) is 14.4. The number of benzene rings is 1. The van der Waals surface area contributed by atoms with Gasteiger partial charge >= 0.3 is 6.09 Å². The number of ketones is 1.